The summed E-state index contributed by atoms with van der Waals surface area (Å²) in [6.07, 6.45) is 5.35. The van der Waals surface area contributed by atoms with Gasteiger partial charge in [0.05, 0.1) is 0 Å². The molecule has 1 aromatic carbocycles. The molecule has 1 aromatic rings. The number of hydrogen-bond acceptors (Lipinski definition) is 1. The topological polar surface area (TPSA) is 26.0 Å². The zero-order valence-corrected chi connectivity index (χ0v) is 11.6. The summed E-state index contributed by atoms with van der Waals surface area (Å²) in [6, 6.07) is 2.52. The van der Waals surface area contributed by atoms with Gasteiger partial charge in [0.2, 0.25) is 0 Å². The molecule has 2 N–H and O–H groups in total. The minimum atomic E-state index is 0.235. The first-order chi connectivity index (χ1) is 8.00. The van der Waals surface area contributed by atoms with Gasteiger partial charge in [-0.25, -0.2) is 0 Å². The molecule has 1 atom stereocenters. The third kappa shape index (κ3) is 2.40. The van der Waals surface area contributed by atoms with Crippen molar-refractivity contribution >= 4 is 0 Å². The molecule has 0 bridgehead atoms. The molecule has 0 saturated heterocycles. The van der Waals surface area contributed by atoms with Crippen LogP contribution in [0.4, 0.5) is 0 Å². The van der Waals surface area contributed by atoms with Crippen molar-refractivity contribution in [3.8, 4) is 0 Å². The van der Waals surface area contributed by atoms with Crippen LogP contribution in [0.15, 0.2) is 6.07 Å². The van der Waals surface area contributed by atoms with E-state index in [9.17, 15) is 0 Å². The minimum absolute atomic E-state index is 0.235. The van der Waals surface area contributed by atoms with Crippen molar-refractivity contribution in [3.63, 3.8) is 0 Å². The predicted octanol–water partition coefficient (Wildman–Crippen LogP) is 4.11. The summed E-state index contributed by atoms with van der Waals surface area (Å²) in [6.45, 7) is 8.83. The van der Waals surface area contributed by atoms with Gasteiger partial charge in [-0.05, 0) is 67.9 Å². The van der Waals surface area contributed by atoms with Crippen molar-refractivity contribution in [2.75, 3.05) is 0 Å². The Hall–Kier alpha value is -0.820. The number of rotatable bonds is 3. The van der Waals surface area contributed by atoms with E-state index in [1.54, 1.807) is 0 Å². The summed E-state index contributed by atoms with van der Waals surface area (Å²) in [5.74, 6) is 0.879. The minimum Gasteiger partial charge on any atom is -0.324 e. The van der Waals surface area contributed by atoms with E-state index in [0.717, 1.165) is 5.92 Å². The van der Waals surface area contributed by atoms with E-state index >= 15 is 0 Å². The summed E-state index contributed by atoms with van der Waals surface area (Å²) in [5.41, 5.74) is 13.4. The van der Waals surface area contributed by atoms with Gasteiger partial charge < -0.3 is 5.73 Å². The molecule has 1 aliphatic rings. The van der Waals surface area contributed by atoms with Gasteiger partial charge in [-0.1, -0.05) is 25.3 Å². The zero-order chi connectivity index (χ0) is 12.6. The van der Waals surface area contributed by atoms with E-state index in [-0.39, 0.29) is 6.04 Å². The van der Waals surface area contributed by atoms with Crippen molar-refractivity contribution < 1.29 is 0 Å². The van der Waals surface area contributed by atoms with Gasteiger partial charge in [-0.2, -0.15) is 0 Å². The van der Waals surface area contributed by atoms with Gasteiger partial charge in [-0.15, -0.1) is 0 Å². The molecule has 1 fully saturated rings. The highest BCUT2D eigenvalue weighted by Crippen LogP contribution is 2.36. The van der Waals surface area contributed by atoms with Gasteiger partial charge in [0.25, 0.3) is 0 Å². The molecule has 0 amide bonds. The van der Waals surface area contributed by atoms with Crippen LogP contribution in [0.2, 0.25) is 0 Å². The molecule has 0 aromatic heterocycles. The van der Waals surface area contributed by atoms with Crippen LogP contribution in [0.3, 0.4) is 0 Å². The van der Waals surface area contributed by atoms with Crippen LogP contribution in [0, 0.1) is 33.6 Å². The Morgan fingerprint density at radius 3 is 2.06 bits per heavy atom. The maximum absolute atomic E-state index is 6.44. The normalized spacial score (nSPS) is 17.9. The molecule has 1 aliphatic carbocycles. The van der Waals surface area contributed by atoms with Gasteiger partial charge >= 0.3 is 0 Å². The number of aryl methyl sites for hydroxylation is 2. The average molecular weight is 231 g/mol. The summed E-state index contributed by atoms with van der Waals surface area (Å²) in [7, 11) is 0. The highest BCUT2D eigenvalue weighted by molar-refractivity contribution is 5.45. The molecule has 1 heteroatoms. The van der Waals surface area contributed by atoms with E-state index in [2.05, 4.69) is 33.8 Å². The van der Waals surface area contributed by atoms with Gasteiger partial charge in [0.15, 0.2) is 0 Å². The lowest BCUT2D eigenvalue weighted by Crippen LogP contribution is -2.22. The van der Waals surface area contributed by atoms with E-state index in [0.29, 0.717) is 0 Å². The van der Waals surface area contributed by atoms with Gasteiger partial charge in [0.1, 0.15) is 0 Å². The first-order valence-electron chi connectivity index (χ1n) is 6.83. The third-order valence-electron chi connectivity index (χ3n) is 4.61. The lowest BCUT2D eigenvalue weighted by Gasteiger charge is -2.30. The second kappa shape index (κ2) is 4.81. The molecule has 0 spiro atoms. The highest BCUT2D eigenvalue weighted by Gasteiger charge is 2.23. The first-order valence-corrected chi connectivity index (χ1v) is 6.83. The summed E-state index contributed by atoms with van der Waals surface area (Å²) in [4.78, 5) is 0. The van der Waals surface area contributed by atoms with Crippen molar-refractivity contribution in [2.45, 2.75) is 59.4 Å². The third-order valence-corrected chi connectivity index (χ3v) is 4.61. The molecule has 1 saturated carbocycles. The predicted molar refractivity (Wildman–Crippen MR) is 74.3 cm³/mol. The van der Waals surface area contributed by atoms with Crippen LogP contribution in [0.25, 0.3) is 0 Å². The molecule has 1 nitrogen and oxygen atoms in total. The fourth-order valence-corrected chi connectivity index (χ4v) is 3.01. The van der Waals surface area contributed by atoms with Crippen LogP contribution < -0.4 is 5.73 Å². The Morgan fingerprint density at radius 2 is 1.65 bits per heavy atom. The average Bonchev–Trinajstić information content (AvgIpc) is 2.21. The molecule has 94 valence electrons. The number of nitrogens with two attached hydrogens (primary N) is 1. The lowest BCUT2D eigenvalue weighted by atomic mass is 9.78. The summed E-state index contributed by atoms with van der Waals surface area (Å²) >= 11 is 0. The van der Waals surface area contributed by atoms with Gasteiger partial charge in [-0.3, -0.25) is 0 Å². The molecule has 17 heavy (non-hydrogen) atoms. The van der Waals surface area contributed by atoms with Crippen LogP contribution in [0.5, 0.6) is 0 Å². The van der Waals surface area contributed by atoms with Crippen molar-refractivity contribution in [1.82, 2.24) is 0 Å². The summed E-state index contributed by atoms with van der Waals surface area (Å²) in [5, 5.41) is 0. The summed E-state index contributed by atoms with van der Waals surface area (Å²) < 4.78 is 0. The maximum atomic E-state index is 6.44. The zero-order valence-electron chi connectivity index (χ0n) is 11.6. The van der Waals surface area contributed by atoms with E-state index < -0.39 is 0 Å². The Balaban J connectivity index is 2.29. The van der Waals surface area contributed by atoms with Crippen molar-refractivity contribution in [3.05, 3.63) is 33.9 Å². The molecule has 2 rings (SSSR count). The number of benzene rings is 1. The first kappa shape index (κ1) is 12.6. The van der Waals surface area contributed by atoms with Crippen molar-refractivity contribution in [2.24, 2.45) is 11.7 Å². The molecule has 0 heterocycles. The molecule has 0 aliphatic heterocycles. The molecule has 0 radical (unpaired) electrons. The van der Waals surface area contributed by atoms with Crippen LogP contribution in [0.1, 0.15) is 59.5 Å². The Labute approximate surface area is 105 Å². The molecular formula is C16H25N. The Bertz CT molecular complexity index is 390. The molecule has 1 unspecified atom stereocenters. The fraction of sp³-hybridized carbons (Fsp3) is 0.625. The van der Waals surface area contributed by atoms with Crippen LogP contribution >= 0.6 is 0 Å². The monoisotopic (exact) mass is 231 g/mol. The Kier molecular flexibility index (Phi) is 3.58. The van der Waals surface area contributed by atoms with E-state index in [4.69, 9.17) is 5.73 Å². The Morgan fingerprint density at radius 1 is 1.12 bits per heavy atom. The van der Waals surface area contributed by atoms with E-state index in [1.165, 1.54) is 53.5 Å². The van der Waals surface area contributed by atoms with E-state index in [1.807, 2.05) is 0 Å². The van der Waals surface area contributed by atoms with Crippen LogP contribution in [-0.4, -0.2) is 0 Å². The fourth-order valence-electron chi connectivity index (χ4n) is 3.01. The van der Waals surface area contributed by atoms with Gasteiger partial charge in [0, 0.05) is 6.04 Å². The second-order valence-electron chi connectivity index (χ2n) is 5.81. The molecular weight excluding hydrogens is 206 g/mol. The largest absolute Gasteiger partial charge is 0.324 e. The highest BCUT2D eigenvalue weighted by atomic mass is 14.6. The SMILES string of the molecule is Cc1cc(C)c(C)c(C(N)CC2CCC2)c1C. The quantitative estimate of drug-likeness (QED) is 0.832. The maximum Gasteiger partial charge on any atom is 0.0302 e. The smallest absolute Gasteiger partial charge is 0.0302 e. The number of hydrogen-bond donors (Lipinski definition) is 1. The van der Waals surface area contributed by atoms with Crippen molar-refractivity contribution in [1.29, 1.82) is 0 Å². The second-order valence-corrected chi connectivity index (χ2v) is 5.81. The van der Waals surface area contributed by atoms with Crippen LogP contribution in [-0.2, 0) is 0 Å². The lowest BCUT2D eigenvalue weighted by molar-refractivity contribution is 0.277. The standard InChI is InChI=1S/C16H25N/c1-10-8-11(2)13(4)16(12(10)3)15(17)9-14-6-5-7-14/h8,14-15H,5-7,9,17H2,1-4H3.